The molecule has 0 bridgehead atoms. The first-order valence-electron chi connectivity index (χ1n) is 9.46. The lowest BCUT2D eigenvalue weighted by atomic mass is 9.75. The average molecular weight is 362 g/mol. The molecule has 27 heavy (non-hydrogen) atoms. The predicted molar refractivity (Wildman–Crippen MR) is 109 cm³/mol. The van der Waals surface area contributed by atoms with Gasteiger partial charge in [0.15, 0.2) is 0 Å². The van der Waals surface area contributed by atoms with Gasteiger partial charge in [-0.1, -0.05) is 51.1 Å². The van der Waals surface area contributed by atoms with E-state index in [-0.39, 0.29) is 11.3 Å². The van der Waals surface area contributed by atoms with E-state index in [1.807, 2.05) is 24.3 Å². The Labute approximate surface area is 160 Å². The first-order valence-corrected chi connectivity index (χ1v) is 9.46. The smallest absolute Gasteiger partial charge is 0.241 e. The van der Waals surface area contributed by atoms with Gasteiger partial charge in [0.2, 0.25) is 5.91 Å². The zero-order chi connectivity index (χ0) is 19.2. The van der Waals surface area contributed by atoms with E-state index in [0.717, 1.165) is 23.4 Å². The molecule has 0 spiro atoms. The number of aryl methyl sites for hydroxylation is 1. The standard InChI is InChI=1S/C23H26N2O2/c1-5-16-9-10-20-19(14-16)22(2,3)23(24-21(26)15-25(20)23)12-11-17-7-6-8-18(13-17)27-4/h6-14H,5,15H2,1-4H3,(H,24,26)/t23-/m0/s1. The van der Waals surface area contributed by atoms with Gasteiger partial charge in [0.25, 0.3) is 0 Å². The lowest BCUT2D eigenvalue weighted by Crippen LogP contribution is -2.58. The van der Waals surface area contributed by atoms with Gasteiger partial charge in [-0.15, -0.1) is 0 Å². The molecule has 2 aromatic rings. The van der Waals surface area contributed by atoms with Gasteiger partial charge in [0, 0.05) is 11.1 Å². The molecule has 0 aliphatic carbocycles. The van der Waals surface area contributed by atoms with E-state index in [2.05, 4.69) is 61.3 Å². The third kappa shape index (κ3) is 2.54. The number of amides is 1. The number of hydrogen-bond donors (Lipinski definition) is 1. The third-order valence-electron chi connectivity index (χ3n) is 6.05. The number of benzene rings is 2. The Morgan fingerprint density at radius 2 is 2.04 bits per heavy atom. The molecule has 1 amide bonds. The van der Waals surface area contributed by atoms with E-state index in [9.17, 15) is 4.79 Å². The minimum atomic E-state index is -0.568. The van der Waals surface area contributed by atoms with Crippen LogP contribution in [-0.4, -0.2) is 25.2 Å². The summed E-state index contributed by atoms with van der Waals surface area (Å²) in [7, 11) is 1.67. The summed E-state index contributed by atoms with van der Waals surface area (Å²) in [4.78, 5) is 14.6. The van der Waals surface area contributed by atoms with E-state index in [4.69, 9.17) is 4.74 Å². The second kappa shape index (κ2) is 6.15. The Morgan fingerprint density at radius 3 is 2.78 bits per heavy atom. The first kappa shape index (κ1) is 17.7. The Hall–Kier alpha value is -2.75. The third-order valence-corrected chi connectivity index (χ3v) is 6.05. The SMILES string of the molecule is CCc1ccc2c(c1)C(C)(C)[C@@]1(C=Cc3cccc(OC)c3)NC(=O)CN21. The maximum absolute atomic E-state index is 12.4. The van der Waals surface area contributed by atoms with Crippen LogP contribution in [0.4, 0.5) is 5.69 Å². The summed E-state index contributed by atoms with van der Waals surface area (Å²) in [6, 6.07) is 14.6. The molecular formula is C23H26N2O2. The molecule has 0 unspecified atom stereocenters. The number of fused-ring (bicyclic) bond motifs is 3. The molecule has 0 aromatic heterocycles. The van der Waals surface area contributed by atoms with E-state index in [0.29, 0.717) is 6.54 Å². The molecule has 2 aliphatic rings. The second-order valence-electron chi connectivity index (χ2n) is 7.84. The lowest BCUT2D eigenvalue weighted by Gasteiger charge is -2.40. The van der Waals surface area contributed by atoms with Crippen LogP contribution >= 0.6 is 0 Å². The van der Waals surface area contributed by atoms with Crippen molar-refractivity contribution >= 4 is 17.7 Å². The number of methoxy groups -OCH3 is 1. The molecule has 1 fully saturated rings. The summed E-state index contributed by atoms with van der Waals surface area (Å²) < 4.78 is 5.33. The maximum Gasteiger partial charge on any atom is 0.241 e. The summed E-state index contributed by atoms with van der Waals surface area (Å²) in [5.74, 6) is 0.882. The van der Waals surface area contributed by atoms with Crippen LogP contribution in [0.5, 0.6) is 5.75 Å². The molecule has 2 aliphatic heterocycles. The number of carbonyl (C=O) groups excluding carboxylic acids is 1. The van der Waals surface area contributed by atoms with Crippen molar-refractivity contribution in [1.82, 2.24) is 5.32 Å². The van der Waals surface area contributed by atoms with Gasteiger partial charge in [0.1, 0.15) is 11.4 Å². The molecule has 1 N–H and O–H groups in total. The number of rotatable bonds is 4. The maximum atomic E-state index is 12.4. The van der Waals surface area contributed by atoms with Crippen LogP contribution in [0.2, 0.25) is 0 Å². The van der Waals surface area contributed by atoms with E-state index in [1.54, 1.807) is 7.11 Å². The van der Waals surface area contributed by atoms with E-state index in [1.165, 1.54) is 11.1 Å². The van der Waals surface area contributed by atoms with Crippen molar-refractivity contribution in [3.05, 3.63) is 65.2 Å². The van der Waals surface area contributed by atoms with Crippen molar-refractivity contribution in [1.29, 1.82) is 0 Å². The Balaban J connectivity index is 1.81. The van der Waals surface area contributed by atoms with Crippen LogP contribution in [0, 0.1) is 0 Å². The normalized spacial score (nSPS) is 22.7. The van der Waals surface area contributed by atoms with Gasteiger partial charge in [-0.2, -0.15) is 0 Å². The molecule has 4 nitrogen and oxygen atoms in total. The zero-order valence-corrected chi connectivity index (χ0v) is 16.4. The molecule has 140 valence electrons. The van der Waals surface area contributed by atoms with Crippen LogP contribution in [0.25, 0.3) is 6.08 Å². The molecule has 0 saturated carbocycles. The highest BCUT2D eigenvalue weighted by molar-refractivity contribution is 5.91. The van der Waals surface area contributed by atoms with Crippen molar-refractivity contribution in [3.8, 4) is 5.75 Å². The minimum Gasteiger partial charge on any atom is -0.497 e. The molecule has 1 saturated heterocycles. The summed E-state index contributed by atoms with van der Waals surface area (Å²) in [6.07, 6.45) is 5.22. The average Bonchev–Trinajstić information content (AvgIpc) is 3.10. The lowest BCUT2D eigenvalue weighted by molar-refractivity contribution is -0.118. The number of anilines is 1. The van der Waals surface area contributed by atoms with Crippen LogP contribution in [0.15, 0.2) is 48.5 Å². The first-order chi connectivity index (χ1) is 12.9. The summed E-state index contributed by atoms with van der Waals surface area (Å²) >= 11 is 0. The Kier molecular flexibility index (Phi) is 4.02. The number of carbonyl (C=O) groups is 1. The van der Waals surface area contributed by atoms with Crippen LogP contribution in [0.1, 0.15) is 37.5 Å². The highest BCUT2D eigenvalue weighted by Gasteiger charge is 2.59. The summed E-state index contributed by atoms with van der Waals surface area (Å²) in [6.45, 7) is 6.98. The number of nitrogens with zero attached hydrogens (tertiary/aromatic N) is 1. The molecule has 1 atom stereocenters. The van der Waals surface area contributed by atoms with Crippen LogP contribution < -0.4 is 15.0 Å². The predicted octanol–water partition coefficient (Wildman–Crippen LogP) is 3.89. The van der Waals surface area contributed by atoms with Gasteiger partial charge < -0.3 is 15.0 Å². The van der Waals surface area contributed by atoms with Gasteiger partial charge >= 0.3 is 0 Å². The van der Waals surface area contributed by atoms with Crippen molar-refractivity contribution in [2.24, 2.45) is 0 Å². The Morgan fingerprint density at radius 1 is 1.22 bits per heavy atom. The van der Waals surface area contributed by atoms with E-state index < -0.39 is 5.66 Å². The van der Waals surface area contributed by atoms with Crippen molar-refractivity contribution in [2.75, 3.05) is 18.6 Å². The topological polar surface area (TPSA) is 41.6 Å². The number of ether oxygens (including phenoxy) is 1. The molecule has 4 rings (SSSR count). The Bertz CT molecular complexity index is 932. The molecule has 0 radical (unpaired) electrons. The van der Waals surface area contributed by atoms with Crippen molar-refractivity contribution in [3.63, 3.8) is 0 Å². The monoisotopic (exact) mass is 362 g/mol. The number of nitrogens with one attached hydrogen (secondary N) is 1. The second-order valence-corrected chi connectivity index (χ2v) is 7.84. The minimum absolute atomic E-state index is 0.0589. The fraction of sp³-hybridized carbons (Fsp3) is 0.348. The van der Waals surface area contributed by atoms with Gasteiger partial charge in [-0.3, -0.25) is 4.79 Å². The highest BCUT2D eigenvalue weighted by atomic mass is 16.5. The number of hydrogen-bond acceptors (Lipinski definition) is 3. The van der Waals surface area contributed by atoms with Gasteiger partial charge in [0.05, 0.1) is 13.7 Å². The summed E-state index contributed by atoms with van der Waals surface area (Å²) in [5, 5.41) is 3.27. The zero-order valence-electron chi connectivity index (χ0n) is 16.4. The van der Waals surface area contributed by atoms with Gasteiger partial charge in [-0.25, -0.2) is 0 Å². The molecular weight excluding hydrogens is 336 g/mol. The van der Waals surface area contributed by atoms with Gasteiger partial charge in [-0.05, 0) is 47.4 Å². The molecule has 4 heteroatoms. The van der Waals surface area contributed by atoms with Crippen molar-refractivity contribution in [2.45, 2.75) is 38.3 Å². The fourth-order valence-electron chi connectivity index (χ4n) is 4.40. The highest BCUT2D eigenvalue weighted by Crippen LogP contribution is 2.53. The van der Waals surface area contributed by atoms with E-state index >= 15 is 0 Å². The summed E-state index contributed by atoms with van der Waals surface area (Å²) in [5.41, 5.74) is 3.98. The fourth-order valence-corrected chi connectivity index (χ4v) is 4.40. The largest absolute Gasteiger partial charge is 0.497 e. The molecule has 2 heterocycles. The molecule has 2 aromatic carbocycles. The quantitative estimate of drug-likeness (QED) is 0.897. The van der Waals surface area contributed by atoms with Crippen LogP contribution in [-0.2, 0) is 16.6 Å². The van der Waals surface area contributed by atoms with Crippen LogP contribution in [0.3, 0.4) is 0 Å². The van der Waals surface area contributed by atoms with Crippen molar-refractivity contribution < 1.29 is 9.53 Å².